The average Bonchev–Trinajstić information content (AvgIpc) is 2.32. The quantitative estimate of drug-likeness (QED) is 0.666. The highest BCUT2D eigenvalue weighted by atomic mass is 19.4. The Morgan fingerprint density at radius 2 is 2.05 bits per heavy atom. The van der Waals surface area contributed by atoms with E-state index in [0.717, 1.165) is 31.4 Å². The number of benzene rings is 1. The molecule has 0 bridgehead atoms. The van der Waals surface area contributed by atoms with Gasteiger partial charge >= 0.3 is 6.18 Å². The Labute approximate surface area is 114 Å². The first-order valence-electron chi connectivity index (χ1n) is 6.31. The molecule has 4 nitrogen and oxygen atoms in total. The van der Waals surface area contributed by atoms with E-state index in [1.165, 1.54) is 0 Å². The van der Waals surface area contributed by atoms with Crippen LogP contribution < -0.4 is 5.32 Å². The fraction of sp³-hybridized carbons (Fsp3) is 0.538. The molecular weight excluding hydrogens is 273 g/mol. The van der Waals surface area contributed by atoms with Crippen molar-refractivity contribution in [3.05, 3.63) is 33.9 Å². The molecule has 0 amide bonds. The summed E-state index contributed by atoms with van der Waals surface area (Å²) in [5, 5.41) is 13.8. The highest BCUT2D eigenvalue weighted by molar-refractivity contribution is 5.63. The summed E-state index contributed by atoms with van der Waals surface area (Å²) in [5.74, 6) is 0. The summed E-state index contributed by atoms with van der Waals surface area (Å²) in [4.78, 5) is 10.1. The molecule has 1 aromatic carbocycles. The second-order valence-corrected chi connectivity index (χ2v) is 5.50. The van der Waals surface area contributed by atoms with Gasteiger partial charge < -0.3 is 5.32 Å². The zero-order chi connectivity index (χ0) is 15.0. The van der Waals surface area contributed by atoms with E-state index in [1.54, 1.807) is 0 Å². The van der Waals surface area contributed by atoms with Crippen LogP contribution in [0.5, 0.6) is 0 Å². The maximum atomic E-state index is 12.6. The van der Waals surface area contributed by atoms with Crippen molar-refractivity contribution in [2.75, 3.05) is 11.9 Å². The minimum absolute atomic E-state index is 0.0799. The van der Waals surface area contributed by atoms with E-state index in [9.17, 15) is 23.3 Å². The predicted octanol–water partition coefficient (Wildman–Crippen LogP) is 4.22. The van der Waals surface area contributed by atoms with Crippen LogP contribution in [0.15, 0.2) is 18.2 Å². The smallest absolute Gasteiger partial charge is 0.379 e. The number of halogens is 3. The zero-order valence-electron chi connectivity index (χ0n) is 11.0. The largest absolute Gasteiger partial charge is 0.416 e. The molecule has 0 aliphatic heterocycles. The third kappa shape index (κ3) is 3.02. The van der Waals surface area contributed by atoms with E-state index in [0.29, 0.717) is 12.6 Å². The molecular formula is C13H15F3N2O2. The first-order chi connectivity index (χ1) is 9.21. The minimum Gasteiger partial charge on any atom is -0.379 e. The van der Waals surface area contributed by atoms with Gasteiger partial charge in [-0.25, -0.2) is 0 Å². The van der Waals surface area contributed by atoms with Gasteiger partial charge in [-0.1, -0.05) is 13.3 Å². The first kappa shape index (κ1) is 14.6. The average molecular weight is 288 g/mol. The molecule has 0 saturated heterocycles. The molecule has 0 aromatic heterocycles. The molecule has 0 spiro atoms. The van der Waals surface area contributed by atoms with E-state index in [4.69, 9.17) is 0 Å². The maximum Gasteiger partial charge on any atom is 0.416 e. The van der Waals surface area contributed by atoms with Gasteiger partial charge in [-0.3, -0.25) is 10.1 Å². The standard InChI is InChI=1S/C13H15F3N2O2/c1-12(5-2-6-12)8-17-10-4-3-9(13(14,15)16)7-11(10)18(19)20/h3-4,7,17H,2,5-6,8H2,1H3. The molecule has 0 unspecified atom stereocenters. The van der Waals surface area contributed by atoms with Crippen molar-refractivity contribution in [3.8, 4) is 0 Å². The van der Waals surface area contributed by atoms with Crippen LogP contribution in [0.3, 0.4) is 0 Å². The number of nitro groups is 1. The fourth-order valence-corrected chi connectivity index (χ4v) is 2.27. The molecule has 1 N–H and O–H groups in total. The molecule has 1 aliphatic rings. The summed E-state index contributed by atoms with van der Waals surface area (Å²) in [6, 6.07) is 2.56. The molecule has 7 heteroatoms. The summed E-state index contributed by atoms with van der Waals surface area (Å²) in [6.45, 7) is 2.58. The summed E-state index contributed by atoms with van der Waals surface area (Å²) >= 11 is 0. The van der Waals surface area contributed by atoms with Crippen molar-refractivity contribution in [2.45, 2.75) is 32.4 Å². The van der Waals surface area contributed by atoms with Gasteiger partial charge in [-0.2, -0.15) is 13.2 Å². The van der Waals surface area contributed by atoms with Gasteiger partial charge in [0.15, 0.2) is 0 Å². The third-order valence-electron chi connectivity index (χ3n) is 3.79. The second kappa shape index (κ2) is 4.96. The van der Waals surface area contributed by atoms with Crippen LogP contribution in [0.2, 0.25) is 0 Å². The number of hydrogen-bond acceptors (Lipinski definition) is 3. The highest BCUT2D eigenvalue weighted by Gasteiger charge is 2.34. The predicted molar refractivity (Wildman–Crippen MR) is 68.5 cm³/mol. The summed E-state index contributed by atoms with van der Waals surface area (Å²) in [6.07, 6.45) is -1.42. The third-order valence-corrected chi connectivity index (χ3v) is 3.79. The topological polar surface area (TPSA) is 55.2 Å². The van der Waals surface area contributed by atoms with Gasteiger partial charge in [0.05, 0.1) is 10.5 Å². The van der Waals surface area contributed by atoms with Crippen molar-refractivity contribution < 1.29 is 18.1 Å². The van der Waals surface area contributed by atoms with Gasteiger partial charge in [0.2, 0.25) is 0 Å². The molecule has 0 radical (unpaired) electrons. The van der Waals surface area contributed by atoms with E-state index < -0.39 is 22.4 Å². The summed E-state index contributed by atoms with van der Waals surface area (Å²) < 4.78 is 37.7. The molecule has 1 aromatic rings. The lowest BCUT2D eigenvalue weighted by Gasteiger charge is -2.38. The molecule has 20 heavy (non-hydrogen) atoms. The Kier molecular flexibility index (Phi) is 3.62. The van der Waals surface area contributed by atoms with Gasteiger partial charge in [0.1, 0.15) is 5.69 Å². The lowest BCUT2D eigenvalue weighted by molar-refractivity contribution is -0.384. The highest BCUT2D eigenvalue weighted by Crippen LogP contribution is 2.41. The van der Waals surface area contributed by atoms with Crippen molar-refractivity contribution in [2.24, 2.45) is 5.41 Å². The van der Waals surface area contributed by atoms with Crippen LogP contribution >= 0.6 is 0 Å². The molecule has 1 fully saturated rings. The zero-order valence-corrected chi connectivity index (χ0v) is 11.0. The fourth-order valence-electron chi connectivity index (χ4n) is 2.27. The molecule has 2 rings (SSSR count). The number of anilines is 1. The minimum atomic E-state index is -4.58. The van der Waals surface area contributed by atoms with Crippen LogP contribution in [-0.2, 0) is 6.18 Å². The van der Waals surface area contributed by atoms with E-state index in [1.807, 2.05) is 0 Å². The molecule has 0 heterocycles. The van der Waals surface area contributed by atoms with Crippen molar-refractivity contribution in [1.29, 1.82) is 0 Å². The van der Waals surface area contributed by atoms with Crippen LogP contribution in [0.25, 0.3) is 0 Å². The van der Waals surface area contributed by atoms with Crippen LogP contribution in [0, 0.1) is 15.5 Å². The Morgan fingerprint density at radius 1 is 1.40 bits per heavy atom. The maximum absolute atomic E-state index is 12.6. The van der Waals surface area contributed by atoms with Gasteiger partial charge in [0, 0.05) is 12.6 Å². The lowest BCUT2D eigenvalue weighted by atomic mass is 9.70. The van der Waals surface area contributed by atoms with Gasteiger partial charge in [-0.05, 0) is 30.4 Å². The number of alkyl halides is 3. The normalized spacial score (nSPS) is 17.4. The van der Waals surface area contributed by atoms with Crippen molar-refractivity contribution in [3.63, 3.8) is 0 Å². The Morgan fingerprint density at radius 3 is 2.50 bits per heavy atom. The van der Waals surface area contributed by atoms with E-state index in [2.05, 4.69) is 12.2 Å². The van der Waals surface area contributed by atoms with Gasteiger partial charge in [-0.15, -0.1) is 0 Å². The lowest BCUT2D eigenvalue weighted by Crippen LogP contribution is -2.33. The second-order valence-electron chi connectivity index (χ2n) is 5.50. The van der Waals surface area contributed by atoms with Crippen molar-refractivity contribution >= 4 is 11.4 Å². The number of hydrogen-bond donors (Lipinski definition) is 1. The molecule has 0 atom stereocenters. The summed E-state index contributed by atoms with van der Waals surface area (Å²) in [7, 11) is 0. The Balaban J connectivity index is 2.21. The number of rotatable bonds is 4. The van der Waals surface area contributed by atoms with Gasteiger partial charge in [0.25, 0.3) is 5.69 Å². The van der Waals surface area contributed by atoms with Crippen LogP contribution in [-0.4, -0.2) is 11.5 Å². The Hall–Kier alpha value is -1.79. The number of nitrogens with zero attached hydrogens (tertiary/aromatic N) is 1. The Bertz CT molecular complexity index is 525. The molecule has 1 saturated carbocycles. The van der Waals surface area contributed by atoms with E-state index >= 15 is 0 Å². The summed E-state index contributed by atoms with van der Waals surface area (Å²) in [5.41, 5.74) is -1.33. The van der Waals surface area contributed by atoms with E-state index in [-0.39, 0.29) is 11.1 Å². The van der Waals surface area contributed by atoms with Crippen molar-refractivity contribution in [1.82, 2.24) is 0 Å². The number of nitro benzene ring substituents is 1. The molecule has 110 valence electrons. The SMILES string of the molecule is CC1(CNc2ccc(C(F)(F)F)cc2[N+](=O)[O-])CCC1. The number of nitrogens with one attached hydrogen (secondary N) is 1. The van der Waals surface area contributed by atoms with Crippen LogP contribution in [0.4, 0.5) is 24.5 Å². The molecule has 1 aliphatic carbocycles. The monoisotopic (exact) mass is 288 g/mol. The first-order valence-corrected chi connectivity index (χ1v) is 6.31. The van der Waals surface area contributed by atoms with Crippen LogP contribution in [0.1, 0.15) is 31.7 Å².